The quantitative estimate of drug-likeness (QED) is 0.285. The van der Waals surface area contributed by atoms with Crippen LogP contribution in [-0.4, -0.2) is 84.8 Å². The molecule has 1 heterocycles. The maximum Gasteiger partial charge on any atom is 0.320 e. The summed E-state index contributed by atoms with van der Waals surface area (Å²) in [5.74, 6) is -4.79. The standard InChI is InChI=1S/C6H9N3O2.C6H9NO6/c7-5(6(10)11)1-4-2-8-3-9-4;8-4(9)1-7(2-5(10)11)3-6(12)13/h2-3,5H,1,7H2,(H,8,9)(H,10,11);1-3H2,(H,8,9)(H,10,11)(H,12,13)/t5-;/m0./s1. The summed E-state index contributed by atoms with van der Waals surface area (Å²) in [4.78, 5) is 48.1. The van der Waals surface area contributed by atoms with Crippen LogP contribution in [0, 0.1) is 0 Å². The number of hydrogen-bond donors (Lipinski definition) is 6. The molecule has 0 aliphatic heterocycles. The molecular weight excluding hydrogens is 328 g/mol. The summed E-state index contributed by atoms with van der Waals surface area (Å²) in [7, 11) is 0. The lowest BCUT2D eigenvalue weighted by Gasteiger charge is -2.14. The minimum atomic E-state index is -1.26. The van der Waals surface area contributed by atoms with Gasteiger partial charge in [-0.25, -0.2) is 4.98 Å². The molecule has 1 atom stereocenters. The number of aliphatic carboxylic acids is 4. The Morgan fingerprint density at radius 3 is 1.79 bits per heavy atom. The van der Waals surface area contributed by atoms with E-state index in [9.17, 15) is 19.2 Å². The summed E-state index contributed by atoms with van der Waals surface area (Å²) < 4.78 is 0. The number of imidazole rings is 1. The molecule has 0 aliphatic carbocycles. The van der Waals surface area contributed by atoms with Crippen molar-refractivity contribution in [3.05, 3.63) is 18.2 Å². The van der Waals surface area contributed by atoms with Gasteiger partial charge in [-0.3, -0.25) is 24.1 Å². The van der Waals surface area contributed by atoms with Gasteiger partial charge in [0.1, 0.15) is 6.04 Å². The highest BCUT2D eigenvalue weighted by molar-refractivity contribution is 5.75. The minimum absolute atomic E-state index is 0.263. The molecule has 24 heavy (non-hydrogen) atoms. The fourth-order valence-electron chi connectivity index (χ4n) is 1.46. The fraction of sp³-hybridized carbons (Fsp3) is 0.417. The maximum absolute atomic E-state index is 10.3. The lowest BCUT2D eigenvalue weighted by molar-refractivity contribution is -0.145. The van der Waals surface area contributed by atoms with Crippen molar-refractivity contribution in [1.29, 1.82) is 0 Å². The number of nitrogens with zero attached hydrogens (tertiary/aromatic N) is 2. The second-order valence-corrected chi connectivity index (χ2v) is 4.54. The SMILES string of the molecule is N[C@@H](Cc1c[nH]cn1)C(=O)O.O=C(O)CN(CC(=O)O)CC(=O)O. The van der Waals surface area contributed by atoms with E-state index in [1.807, 2.05) is 0 Å². The van der Waals surface area contributed by atoms with Crippen LogP contribution in [0.4, 0.5) is 0 Å². The Hall–Kier alpha value is -2.99. The van der Waals surface area contributed by atoms with Crippen LogP contribution < -0.4 is 5.73 Å². The molecule has 0 unspecified atom stereocenters. The molecule has 12 nitrogen and oxygen atoms in total. The molecule has 1 aromatic heterocycles. The number of hydrogen-bond acceptors (Lipinski definition) is 7. The maximum atomic E-state index is 10.3. The van der Waals surface area contributed by atoms with Gasteiger partial charge in [0.05, 0.1) is 31.7 Å². The molecular formula is C12H18N4O8. The van der Waals surface area contributed by atoms with Gasteiger partial charge in [-0.1, -0.05) is 0 Å². The first-order valence-corrected chi connectivity index (χ1v) is 6.45. The van der Waals surface area contributed by atoms with Crippen molar-refractivity contribution in [1.82, 2.24) is 14.9 Å². The number of nitrogens with one attached hydrogen (secondary N) is 1. The highest BCUT2D eigenvalue weighted by atomic mass is 16.4. The number of carboxylic acids is 4. The zero-order valence-electron chi connectivity index (χ0n) is 12.5. The summed E-state index contributed by atoms with van der Waals surface area (Å²) >= 11 is 0. The molecule has 1 rings (SSSR count). The van der Waals surface area contributed by atoms with Gasteiger partial charge in [-0.2, -0.15) is 0 Å². The lowest BCUT2D eigenvalue weighted by Crippen LogP contribution is -2.38. The van der Waals surface area contributed by atoms with E-state index in [4.69, 9.17) is 26.2 Å². The normalized spacial score (nSPS) is 11.2. The first kappa shape index (κ1) is 21.0. The van der Waals surface area contributed by atoms with Crippen molar-refractivity contribution < 1.29 is 39.6 Å². The average molecular weight is 346 g/mol. The number of aromatic amines is 1. The van der Waals surface area contributed by atoms with Gasteiger partial charge in [-0.05, 0) is 0 Å². The molecule has 0 radical (unpaired) electrons. The third-order valence-corrected chi connectivity index (χ3v) is 2.38. The van der Waals surface area contributed by atoms with Crippen LogP contribution in [-0.2, 0) is 25.6 Å². The van der Waals surface area contributed by atoms with E-state index in [1.165, 1.54) is 6.33 Å². The van der Waals surface area contributed by atoms with Crippen molar-refractivity contribution in [3.8, 4) is 0 Å². The second-order valence-electron chi connectivity index (χ2n) is 4.54. The van der Waals surface area contributed by atoms with Crippen LogP contribution in [0.25, 0.3) is 0 Å². The molecule has 1 aromatic rings. The number of aromatic nitrogens is 2. The number of carboxylic acid groups (broad SMARTS) is 4. The molecule has 7 N–H and O–H groups in total. The van der Waals surface area contributed by atoms with Crippen LogP contribution in [0.5, 0.6) is 0 Å². The van der Waals surface area contributed by atoms with Gasteiger partial charge < -0.3 is 31.1 Å². The highest BCUT2D eigenvalue weighted by Gasteiger charge is 2.15. The zero-order valence-corrected chi connectivity index (χ0v) is 12.5. The number of H-pyrrole nitrogens is 1. The van der Waals surface area contributed by atoms with Crippen molar-refractivity contribution in [2.24, 2.45) is 5.73 Å². The Kier molecular flexibility index (Phi) is 9.36. The Bertz CT molecular complexity index is 521. The van der Waals surface area contributed by atoms with Gasteiger partial charge in [0, 0.05) is 12.6 Å². The van der Waals surface area contributed by atoms with Gasteiger partial charge in [0.2, 0.25) is 0 Å². The lowest BCUT2D eigenvalue weighted by atomic mass is 10.2. The molecule has 0 saturated carbocycles. The number of nitrogens with two attached hydrogens (primary N) is 1. The third-order valence-electron chi connectivity index (χ3n) is 2.38. The minimum Gasteiger partial charge on any atom is -0.480 e. The van der Waals surface area contributed by atoms with E-state index in [-0.39, 0.29) is 6.42 Å². The molecule has 134 valence electrons. The Labute approximate surface area is 135 Å². The van der Waals surface area contributed by atoms with E-state index >= 15 is 0 Å². The topological polar surface area (TPSA) is 207 Å². The monoisotopic (exact) mass is 346 g/mol. The van der Waals surface area contributed by atoms with E-state index < -0.39 is 49.6 Å². The van der Waals surface area contributed by atoms with Crippen molar-refractivity contribution in [2.45, 2.75) is 12.5 Å². The van der Waals surface area contributed by atoms with Gasteiger partial charge in [0.15, 0.2) is 0 Å². The summed E-state index contributed by atoms with van der Waals surface area (Å²) in [6.45, 7) is -1.80. The van der Waals surface area contributed by atoms with Gasteiger partial charge >= 0.3 is 23.9 Å². The molecule has 0 aromatic carbocycles. The molecule has 0 bridgehead atoms. The van der Waals surface area contributed by atoms with E-state index in [2.05, 4.69) is 9.97 Å². The molecule has 0 amide bonds. The molecule has 0 aliphatic rings. The van der Waals surface area contributed by atoms with E-state index in [1.54, 1.807) is 6.20 Å². The fourth-order valence-corrected chi connectivity index (χ4v) is 1.46. The number of rotatable bonds is 9. The summed E-state index contributed by atoms with van der Waals surface area (Å²) in [6, 6.07) is -0.863. The average Bonchev–Trinajstić information content (AvgIpc) is 2.89. The molecule has 0 spiro atoms. The Balaban J connectivity index is 0.000000446. The van der Waals surface area contributed by atoms with Gasteiger partial charge in [0.25, 0.3) is 0 Å². The Morgan fingerprint density at radius 1 is 1.04 bits per heavy atom. The first-order chi connectivity index (χ1) is 11.1. The van der Waals surface area contributed by atoms with Crippen LogP contribution in [0.3, 0.4) is 0 Å². The van der Waals surface area contributed by atoms with Crippen molar-refractivity contribution in [2.75, 3.05) is 19.6 Å². The second kappa shape index (κ2) is 10.7. The van der Waals surface area contributed by atoms with Crippen LogP contribution in [0.1, 0.15) is 5.69 Å². The highest BCUT2D eigenvalue weighted by Crippen LogP contribution is 1.95. The smallest absolute Gasteiger partial charge is 0.320 e. The van der Waals surface area contributed by atoms with E-state index in [0.29, 0.717) is 5.69 Å². The van der Waals surface area contributed by atoms with E-state index in [0.717, 1.165) is 4.90 Å². The predicted molar refractivity (Wildman–Crippen MR) is 77.3 cm³/mol. The molecule has 0 saturated heterocycles. The largest absolute Gasteiger partial charge is 0.480 e. The van der Waals surface area contributed by atoms with Crippen LogP contribution >= 0.6 is 0 Å². The summed E-state index contributed by atoms with van der Waals surface area (Å²) in [6.07, 6.45) is 3.38. The first-order valence-electron chi connectivity index (χ1n) is 6.45. The predicted octanol–water partition coefficient (Wildman–Crippen LogP) is -2.09. The van der Waals surface area contributed by atoms with Crippen LogP contribution in [0.2, 0.25) is 0 Å². The van der Waals surface area contributed by atoms with Crippen molar-refractivity contribution in [3.63, 3.8) is 0 Å². The van der Waals surface area contributed by atoms with Gasteiger partial charge in [-0.15, -0.1) is 0 Å². The zero-order chi connectivity index (χ0) is 18.7. The molecule has 12 heteroatoms. The van der Waals surface area contributed by atoms with Crippen LogP contribution in [0.15, 0.2) is 12.5 Å². The molecule has 0 fully saturated rings. The Morgan fingerprint density at radius 2 is 1.50 bits per heavy atom. The number of carbonyl (C=O) groups is 4. The van der Waals surface area contributed by atoms with Crippen molar-refractivity contribution >= 4 is 23.9 Å². The third kappa shape index (κ3) is 10.7. The summed E-state index contributed by atoms with van der Waals surface area (Å²) in [5.41, 5.74) is 5.92. The summed E-state index contributed by atoms with van der Waals surface area (Å²) in [5, 5.41) is 33.3.